The lowest BCUT2D eigenvalue weighted by Gasteiger charge is -2.20. The van der Waals surface area contributed by atoms with Crippen molar-refractivity contribution in [2.75, 3.05) is 11.4 Å². The SMILES string of the molecule is CC(C)c1nc(C2CCCN2c2nn3cc(-c4ccc(Cl)cc4)nc3s2)no1. The van der Waals surface area contributed by atoms with Crippen LogP contribution in [0.15, 0.2) is 35.0 Å². The molecule has 144 valence electrons. The van der Waals surface area contributed by atoms with Crippen LogP contribution in [0.2, 0.25) is 5.02 Å². The van der Waals surface area contributed by atoms with E-state index in [0.29, 0.717) is 10.9 Å². The molecule has 1 aromatic carbocycles. The standard InChI is InChI=1S/C19H19ClN6OS/c1-11(2)17-22-16(24-27-17)15-4-3-9-25(15)19-23-26-10-14(21-18(26)28-19)12-5-7-13(20)8-6-12/h5-8,10-11,15H,3-4,9H2,1-2H3. The maximum absolute atomic E-state index is 5.97. The first-order valence-corrected chi connectivity index (χ1v) is 10.5. The van der Waals surface area contributed by atoms with E-state index >= 15 is 0 Å². The Morgan fingerprint density at radius 3 is 2.75 bits per heavy atom. The Morgan fingerprint density at radius 2 is 2.04 bits per heavy atom. The number of benzene rings is 1. The van der Waals surface area contributed by atoms with Crippen molar-refractivity contribution in [3.8, 4) is 11.3 Å². The Kier molecular flexibility index (Phi) is 4.32. The van der Waals surface area contributed by atoms with Gasteiger partial charge in [-0.25, -0.2) is 9.50 Å². The predicted molar refractivity (Wildman–Crippen MR) is 109 cm³/mol. The van der Waals surface area contributed by atoms with Crippen LogP contribution in [-0.2, 0) is 0 Å². The molecule has 5 rings (SSSR count). The van der Waals surface area contributed by atoms with Gasteiger partial charge >= 0.3 is 0 Å². The highest BCUT2D eigenvalue weighted by molar-refractivity contribution is 7.20. The molecule has 0 bridgehead atoms. The Morgan fingerprint density at radius 1 is 1.21 bits per heavy atom. The van der Waals surface area contributed by atoms with E-state index in [-0.39, 0.29) is 12.0 Å². The molecule has 1 unspecified atom stereocenters. The van der Waals surface area contributed by atoms with Crippen molar-refractivity contribution in [3.05, 3.63) is 47.2 Å². The van der Waals surface area contributed by atoms with Crippen molar-refractivity contribution in [1.82, 2.24) is 24.7 Å². The molecule has 7 nitrogen and oxygen atoms in total. The molecule has 1 saturated heterocycles. The zero-order valence-corrected chi connectivity index (χ0v) is 17.1. The number of hydrogen-bond donors (Lipinski definition) is 0. The first-order valence-electron chi connectivity index (χ1n) is 9.31. The summed E-state index contributed by atoms with van der Waals surface area (Å²) in [6.07, 6.45) is 4.03. The van der Waals surface area contributed by atoms with Gasteiger partial charge in [0.15, 0.2) is 5.82 Å². The fourth-order valence-corrected chi connectivity index (χ4v) is 4.53. The summed E-state index contributed by atoms with van der Waals surface area (Å²) >= 11 is 7.55. The van der Waals surface area contributed by atoms with Gasteiger partial charge in [0.2, 0.25) is 16.0 Å². The number of nitrogens with zero attached hydrogens (tertiary/aromatic N) is 6. The highest BCUT2D eigenvalue weighted by Gasteiger charge is 2.32. The molecule has 4 aromatic rings. The van der Waals surface area contributed by atoms with Crippen molar-refractivity contribution >= 4 is 33.0 Å². The van der Waals surface area contributed by atoms with Crippen molar-refractivity contribution < 1.29 is 4.52 Å². The molecule has 0 saturated carbocycles. The molecule has 1 aliphatic heterocycles. The second-order valence-electron chi connectivity index (χ2n) is 7.24. The zero-order chi connectivity index (χ0) is 19.3. The molecule has 0 amide bonds. The van der Waals surface area contributed by atoms with Crippen molar-refractivity contribution in [2.24, 2.45) is 0 Å². The van der Waals surface area contributed by atoms with Crippen LogP contribution in [-0.4, -0.2) is 31.3 Å². The normalized spacial score (nSPS) is 17.3. The summed E-state index contributed by atoms with van der Waals surface area (Å²) in [7, 11) is 0. The van der Waals surface area contributed by atoms with Crippen LogP contribution in [0, 0.1) is 0 Å². The monoisotopic (exact) mass is 414 g/mol. The highest BCUT2D eigenvalue weighted by Crippen LogP contribution is 2.37. The summed E-state index contributed by atoms with van der Waals surface area (Å²) in [5, 5.41) is 10.6. The van der Waals surface area contributed by atoms with Gasteiger partial charge in [-0.05, 0) is 25.0 Å². The zero-order valence-electron chi connectivity index (χ0n) is 15.5. The lowest BCUT2D eigenvalue weighted by atomic mass is 10.2. The molecule has 28 heavy (non-hydrogen) atoms. The van der Waals surface area contributed by atoms with E-state index in [1.54, 1.807) is 11.3 Å². The summed E-state index contributed by atoms with van der Waals surface area (Å²) in [6, 6.07) is 7.77. The quantitative estimate of drug-likeness (QED) is 0.470. The second kappa shape index (κ2) is 6.86. The van der Waals surface area contributed by atoms with Gasteiger partial charge in [0.05, 0.1) is 17.9 Å². The third-order valence-electron chi connectivity index (χ3n) is 4.92. The summed E-state index contributed by atoms with van der Waals surface area (Å²) in [4.78, 5) is 12.4. The van der Waals surface area contributed by atoms with Gasteiger partial charge in [0.1, 0.15) is 0 Å². The van der Waals surface area contributed by atoms with E-state index in [1.165, 1.54) is 0 Å². The molecular formula is C19H19ClN6OS. The van der Waals surface area contributed by atoms with E-state index in [2.05, 4.69) is 28.9 Å². The fourth-order valence-electron chi connectivity index (χ4n) is 3.45. The molecule has 3 aromatic heterocycles. The Hall–Kier alpha value is -2.45. The maximum atomic E-state index is 5.97. The van der Waals surface area contributed by atoms with Gasteiger partial charge in [-0.3, -0.25) is 0 Å². The third-order valence-corrected chi connectivity index (χ3v) is 6.13. The summed E-state index contributed by atoms with van der Waals surface area (Å²) < 4.78 is 7.25. The molecule has 1 atom stereocenters. The van der Waals surface area contributed by atoms with Crippen LogP contribution >= 0.6 is 22.9 Å². The largest absolute Gasteiger partial charge is 0.339 e. The molecule has 1 fully saturated rings. The summed E-state index contributed by atoms with van der Waals surface area (Å²) in [5.41, 5.74) is 1.91. The second-order valence-corrected chi connectivity index (χ2v) is 8.61. The number of fused-ring (bicyclic) bond motifs is 1. The average Bonchev–Trinajstić information content (AvgIpc) is 3.43. The van der Waals surface area contributed by atoms with E-state index in [1.807, 2.05) is 35.0 Å². The minimum absolute atomic E-state index is 0.0999. The van der Waals surface area contributed by atoms with Crippen molar-refractivity contribution in [2.45, 2.75) is 38.6 Å². The molecular weight excluding hydrogens is 396 g/mol. The van der Waals surface area contributed by atoms with Gasteiger partial charge in [0.25, 0.3) is 0 Å². The van der Waals surface area contributed by atoms with Crippen molar-refractivity contribution in [1.29, 1.82) is 0 Å². The van der Waals surface area contributed by atoms with E-state index < -0.39 is 0 Å². The lowest BCUT2D eigenvalue weighted by Crippen LogP contribution is -2.23. The van der Waals surface area contributed by atoms with Crippen LogP contribution in [0.3, 0.4) is 0 Å². The fraction of sp³-hybridized carbons (Fsp3) is 0.368. The van der Waals surface area contributed by atoms with Gasteiger partial charge in [0, 0.05) is 23.0 Å². The number of rotatable bonds is 4. The van der Waals surface area contributed by atoms with Gasteiger partial charge in [-0.2, -0.15) is 4.98 Å². The van der Waals surface area contributed by atoms with Gasteiger partial charge in [-0.1, -0.05) is 54.1 Å². The molecule has 0 radical (unpaired) electrons. The van der Waals surface area contributed by atoms with E-state index in [0.717, 1.165) is 46.6 Å². The first kappa shape index (κ1) is 17.6. The minimum atomic E-state index is 0.0999. The maximum Gasteiger partial charge on any atom is 0.229 e. The minimum Gasteiger partial charge on any atom is -0.339 e. The smallest absolute Gasteiger partial charge is 0.229 e. The number of aromatic nitrogens is 5. The van der Waals surface area contributed by atoms with E-state index in [4.69, 9.17) is 26.2 Å². The Labute approximate surface area is 171 Å². The molecule has 9 heteroatoms. The molecule has 0 aliphatic carbocycles. The Bertz CT molecular complexity index is 1080. The lowest BCUT2D eigenvalue weighted by molar-refractivity contribution is 0.358. The van der Waals surface area contributed by atoms with Gasteiger partial charge in [-0.15, -0.1) is 5.10 Å². The molecule has 0 N–H and O–H groups in total. The Balaban J connectivity index is 1.43. The van der Waals surface area contributed by atoms with Crippen LogP contribution in [0.4, 0.5) is 5.13 Å². The number of halogens is 1. The summed E-state index contributed by atoms with van der Waals surface area (Å²) in [6.45, 7) is 5.03. The predicted octanol–water partition coefficient (Wildman–Crippen LogP) is 4.96. The van der Waals surface area contributed by atoms with Crippen molar-refractivity contribution in [3.63, 3.8) is 0 Å². The highest BCUT2D eigenvalue weighted by atomic mass is 35.5. The van der Waals surface area contributed by atoms with Crippen LogP contribution < -0.4 is 4.90 Å². The number of anilines is 1. The molecule has 0 spiro atoms. The first-order chi connectivity index (χ1) is 13.6. The van der Waals surface area contributed by atoms with Crippen LogP contribution in [0.1, 0.15) is 50.4 Å². The molecule has 4 heterocycles. The van der Waals surface area contributed by atoms with E-state index in [9.17, 15) is 0 Å². The van der Waals surface area contributed by atoms with Crippen LogP contribution in [0.25, 0.3) is 16.2 Å². The van der Waals surface area contributed by atoms with Crippen LogP contribution in [0.5, 0.6) is 0 Å². The number of hydrogen-bond acceptors (Lipinski definition) is 7. The third kappa shape index (κ3) is 3.06. The van der Waals surface area contributed by atoms with Gasteiger partial charge < -0.3 is 9.42 Å². The molecule has 1 aliphatic rings. The summed E-state index contributed by atoms with van der Waals surface area (Å²) in [5.74, 6) is 1.66. The average molecular weight is 415 g/mol. The number of imidazole rings is 1. The topological polar surface area (TPSA) is 72.4 Å².